The van der Waals surface area contributed by atoms with Crippen LogP contribution in [0.4, 0.5) is 0 Å². The lowest BCUT2D eigenvalue weighted by Crippen LogP contribution is -2.27. The topological polar surface area (TPSA) is 73.1 Å². The fraction of sp³-hybridized carbons (Fsp3) is 0.235. The van der Waals surface area contributed by atoms with Crippen molar-refractivity contribution < 1.29 is 8.42 Å². The van der Waals surface area contributed by atoms with E-state index in [4.69, 9.17) is 0 Å². The van der Waals surface area contributed by atoms with Gasteiger partial charge in [-0.15, -0.1) is 0 Å². The number of hydrogen-bond acceptors (Lipinski definition) is 3. The minimum absolute atomic E-state index is 0.101. The summed E-state index contributed by atoms with van der Waals surface area (Å²) >= 11 is 3.32. The van der Waals surface area contributed by atoms with Gasteiger partial charge in [-0.05, 0) is 40.5 Å². The smallest absolute Gasteiger partial charge is 0.295 e. The molecule has 1 aromatic heterocycles. The summed E-state index contributed by atoms with van der Waals surface area (Å²) in [6.45, 7) is 1.79. The van der Waals surface area contributed by atoms with Crippen molar-refractivity contribution in [1.29, 1.82) is 0 Å². The second-order valence-electron chi connectivity index (χ2n) is 5.93. The molecule has 1 N–H and O–H groups in total. The van der Waals surface area contributed by atoms with Gasteiger partial charge in [0.05, 0.1) is 15.9 Å². The molecule has 0 aliphatic carbocycles. The molecule has 8 heteroatoms. The van der Waals surface area contributed by atoms with Crippen LogP contribution < -0.4 is 10.4 Å². The van der Waals surface area contributed by atoms with E-state index in [-0.39, 0.29) is 16.6 Å². The molecule has 6 nitrogen and oxygen atoms in total. The molecule has 0 unspecified atom stereocenters. The molecule has 1 heterocycles. The normalized spacial score (nSPS) is 13.3. The number of nitrogens with one attached hydrogen (secondary N) is 1. The van der Waals surface area contributed by atoms with Crippen LogP contribution in [0.5, 0.6) is 0 Å². The summed E-state index contributed by atoms with van der Waals surface area (Å²) in [4.78, 5) is 12.2. The van der Waals surface area contributed by atoms with Gasteiger partial charge < -0.3 is 0 Å². The van der Waals surface area contributed by atoms with Crippen LogP contribution in [0.1, 0.15) is 18.5 Å². The second kappa shape index (κ2) is 6.44. The number of hydrogen-bond donors (Lipinski definition) is 1. The highest BCUT2D eigenvalue weighted by Crippen LogP contribution is 2.28. The first-order valence-electron chi connectivity index (χ1n) is 7.64. The molecule has 0 bridgehead atoms. The molecule has 0 aliphatic heterocycles. The maximum Gasteiger partial charge on any atom is 0.328 e. The Morgan fingerprint density at radius 2 is 1.60 bits per heavy atom. The van der Waals surface area contributed by atoms with Gasteiger partial charge in [-0.2, -0.15) is 0 Å². The quantitative estimate of drug-likeness (QED) is 0.700. The monoisotopic (exact) mass is 423 g/mol. The molecular formula is C17H18BrN3O3S. The molecule has 0 amide bonds. The molecule has 0 spiro atoms. The summed E-state index contributed by atoms with van der Waals surface area (Å²) in [6.07, 6.45) is 0. The summed E-state index contributed by atoms with van der Waals surface area (Å²) < 4.78 is 31.7. The summed E-state index contributed by atoms with van der Waals surface area (Å²) in [6, 6.07) is 12.1. The van der Waals surface area contributed by atoms with E-state index >= 15 is 0 Å². The zero-order chi connectivity index (χ0) is 18.4. The molecule has 0 radical (unpaired) electrons. The van der Waals surface area contributed by atoms with E-state index in [1.807, 2.05) is 30.3 Å². The molecular weight excluding hydrogens is 406 g/mol. The van der Waals surface area contributed by atoms with Crippen molar-refractivity contribution in [2.24, 2.45) is 14.1 Å². The second-order valence-corrected chi connectivity index (χ2v) is 8.46. The highest BCUT2D eigenvalue weighted by Gasteiger charge is 2.23. The number of imidazole rings is 1. The zero-order valence-electron chi connectivity index (χ0n) is 14.0. The fourth-order valence-electron chi connectivity index (χ4n) is 2.81. The summed E-state index contributed by atoms with van der Waals surface area (Å²) in [5.74, 6) is 0. The molecule has 132 valence electrons. The number of nitrogens with zero attached hydrogens (tertiary/aromatic N) is 2. The van der Waals surface area contributed by atoms with Crippen molar-refractivity contribution in [3.63, 3.8) is 0 Å². The third-order valence-corrected chi connectivity index (χ3v) is 6.75. The van der Waals surface area contributed by atoms with E-state index in [0.29, 0.717) is 15.5 Å². The molecule has 0 saturated carbocycles. The van der Waals surface area contributed by atoms with Crippen LogP contribution >= 0.6 is 15.9 Å². The Balaban J connectivity index is 2.07. The highest BCUT2D eigenvalue weighted by atomic mass is 79.9. The van der Waals surface area contributed by atoms with Crippen LogP contribution in [0.25, 0.3) is 11.0 Å². The van der Waals surface area contributed by atoms with Gasteiger partial charge >= 0.3 is 5.69 Å². The minimum atomic E-state index is -3.77. The lowest BCUT2D eigenvalue weighted by atomic mass is 10.1. The average Bonchev–Trinajstić information content (AvgIpc) is 2.78. The first-order valence-corrected chi connectivity index (χ1v) is 9.92. The lowest BCUT2D eigenvalue weighted by molar-refractivity contribution is 0.566. The first kappa shape index (κ1) is 17.9. The minimum Gasteiger partial charge on any atom is -0.295 e. The molecule has 0 saturated heterocycles. The molecule has 3 rings (SSSR count). The van der Waals surface area contributed by atoms with Gasteiger partial charge in [0.1, 0.15) is 0 Å². The lowest BCUT2D eigenvalue weighted by Gasteiger charge is -2.15. The third-order valence-electron chi connectivity index (χ3n) is 4.25. The van der Waals surface area contributed by atoms with Crippen LogP contribution in [0, 0.1) is 0 Å². The Morgan fingerprint density at radius 1 is 1.04 bits per heavy atom. The Hall–Kier alpha value is -1.90. The SMILES string of the molecule is C[C@H](NS(=O)(=O)c1cc2c(cc1Br)n(C)c(=O)n2C)c1ccccc1. The van der Waals surface area contributed by atoms with E-state index in [1.54, 1.807) is 27.1 Å². The number of rotatable bonds is 4. The van der Waals surface area contributed by atoms with E-state index in [1.165, 1.54) is 15.2 Å². The average molecular weight is 424 g/mol. The van der Waals surface area contributed by atoms with Crippen molar-refractivity contribution in [2.45, 2.75) is 17.9 Å². The van der Waals surface area contributed by atoms with Crippen molar-refractivity contribution in [3.8, 4) is 0 Å². The van der Waals surface area contributed by atoms with Gasteiger partial charge in [-0.25, -0.2) is 17.9 Å². The highest BCUT2D eigenvalue weighted by molar-refractivity contribution is 9.10. The van der Waals surface area contributed by atoms with E-state index in [9.17, 15) is 13.2 Å². The Kier molecular flexibility index (Phi) is 4.61. The third kappa shape index (κ3) is 3.17. The number of aromatic nitrogens is 2. The van der Waals surface area contributed by atoms with E-state index in [0.717, 1.165) is 5.56 Å². The van der Waals surface area contributed by atoms with Gasteiger partial charge in [0, 0.05) is 24.6 Å². The van der Waals surface area contributed by atoms with Gasteiger partial charge in [0.2, 0.25) is 10.0 Å². The first-order chi connectivity index (χ1) is 11.7. The van der Waals surface area contributed by atoms with Gasteiger partial charge in [0.15, 0.2) is 0 Å². The fourth-order valence-corrected chi connectivity index (χ4v) is 5.09. The Labute approximate surface area is 154 Å². The van der Waals surface area contributed by atoms with E-state index in [2.05, 4.69) is 20.7 Å². The van der Waals surface area contributed by atoms with Crippen LogP contribution in [-0.2, 0) is 24.1 Å². The maximum absolute atomic E-state index is 12.8. The maximum atomic E-state index is 12.8. The largest absolute Gasteiger partial charge is 0.328 e. The van der Waals surface area contributed by atoms with Crippen molar-refractivity contribution in [3.05, 3.63) is 63.0 Å². The predicted molar refractivity (Wildman–Crippen MR) is 101 cm³/mol. The molecule has 25 heavy (non-hydrogen) atoms. The van der Waals surface area contributed by atoms with Crippen LogP contribution in [0.15, 0.2) is 56.6 Å². The molecule has 3 aromatic rings. The Morgan fingerprint density at radius 3 is 2.20 bits per heavy atom. The van der Waals surface area contributed by atoms with Gasteiger partial charge in [0.25, 0.3) is 0 Å². The van der Waals surface area contributed by atoms with Crippen LogP contribution in [-0.4, -0.2) is 17.6 Å². The van der Waals surface area contributed by atoms with Crippen molar-refractivity contribution >= 4 is 37.0 Å². The van der Waals surface area contributed by atoms with Crippen LogP contribution in [0.2, 0.25) is 0 Å². The van der Waals surface area contributed by atoms with Crippen LogP contribution in [0.3, 0.4) is 0 Å². The van der Waals surface area contributed by atoms with Crippen molar-refractivity contribution in [2.75, 3.05) is 0 Å². The molecule has 1 atom stereocenters. The molecule has 0 aliphatic rings. The summed E-state index contributed by atoms with van der Waals surface area (Å²) in [7, 11) is -0.498. The predicted octanol–water partition coefficient (Wildman–Crippen LogP) is 2.68. The number of benzene rings is 2. The van der Waals surface area contributed by atoms with Gasteiger partial charge in [-0.3, -0.25) is 9.13 Å². The standard InChI is InChI=1S/C17H18BrN3O3S/c1-11(12-7-5-4-6-8-12)19-25(23,24)16-10-15-14(9-13(16)18)20(2)17(22)21(15)3/h4-11,19H,1-3H3/t11-/m0/s1. The van der Waals surface area contributed by atoms with E-state index < -0.39 is 10.0 Å². The number of aryl methyl sites for hydroxylation is 2. The van der Waals surface area contributed by atoms with Crippen molar-refractivity contribution in [1.82, 2.24) is 13.9 Å². The summed E-state index contributed by atoms with van der Waals surface area (Å²) in [5.41, 5.74) is 1.88. The molecule has 0 fully saturated rings. The van der Waals surface area contributed by atoms with Gasteiger partial charge in [-0.1, -0.05) is 30.3 Å². The Bertz CT molecular complexity index is 1100. The number of fused-ring (bicyclic) bond motifs is 1. The zero-order valence-corrected chi connectivity index (χ0v) is 16.4. The summed E-state index contributed by atoms with van der Waals surface area (Å²) in [5, 5.41) is 0. The molecule has 2 aromatic carbocycles. The number of sulfonamides is 1. The number of halogens is 1.